The van der Waals surface area contributed by atoms with E-state index in [1.807, 2.05) is 0 Å². The van der Waals surface area contributed by atoms with Crippen LogP contribution in [0.1, 0.15) is 17.3 Å². The van der Waals surface area contributed by atoms with Crippen LogP contribution in [0, 0.1) is 11.6 Å². The fourth-order valence-corrected chi connectivity index (χ4v) is 1.17. The lowest BCUT2D eigenvalue weighted by Gasteiger charge is -2.10. The van der Waals surface area contributed by atoms with Gasteiger partial charge in [0.25, 0.3) is 0 Å². The van der Waals surface area contributed by atoms with E-state index in [9.17, 15) is 13.6 Å². The molecule has 0 bridgehead atoms. The zero-order valence-electron chi connectivity index (χ0n) is 8.56. The molecule has 0 radical (unpaired) electrons. The Labute approximate surface area is 85.6 Å². The van der Waals surface area contributed by atoms with Crippen LogP contribution in [0.25, 0.3) is 0 Å². The lowest BCUT2D eigenvalue weighted by atomic mass is 10.1. The fourth-order valence-electron chi connectivity index (χ4n) is 1.17. The van der Waals surface area contributed by atoms with Crippen LogP contribution in [-0.2, 0) is 0 Å². The van der Waals surface area contributed by atoms with Crippen molar-refractivity contribution in [2.24, 2.45) is 0 Å². The fraction of sp³-hybridized carbons (Fsp3) is 0.300. The molecular formula is C10H10F2O3. The average Bonchev–Trinajstić information content (AvgIpc) is 2.18. The molecule has 1 rings (SSSR count). The van der Waals surface area contributed by atoms with E-state index in [0.29, 0.717) is 0 Å². The molecule has 0 N–H and O–H groups in total. The first-order valence-corrected chi connectivity index (χ1v) is 4.13. The molecule has 3 nitrogen and oxygen atoms in total. The maximum Gasteiger partial charge on any atom is 0.209 e. The number of hydrogen-bond acceptors (Lipinski definition) is 3. The van der Waals surface area contributed by atoms with E-state index < -0.39 is 23.2 Å². The minimum Gasteiger partial charge on any atom is -0.494 e. The summed E-state index contributed by atoms with van der Waals surface area (Å²) in [7, 11) is 2.34. The summed E-state index contributed by atoms with van der Waals surface area (Å²) >= 11 is 0. The first-order chi connectivity index (χ1) is 7.02. The molecule has 0 aromatic heterocycles. The summed E-state index contributed by atoms with van der Waals surface area (Å²) in [6.07, 6.45) is 0. The van der Waals surface area contributed by atoms with Gasteiger partial charge in [0.15, 0.2) is 23.1 Å². The Kier molecular flexibility index (Phi) is 3.24. The van der Waals surface area contributed by atoms with Crippen LogP contribution in [0.4, 0.5) is 8.78 Å². The van der Waals surface area contributed by atoms with Crippen molar-refractivity contribution in [2.45, 2.75) is 6.92 Å². The number of rotatable bonds is 3. The van der Waals surface area contributed by atoms with Crippen LogP contribution in [0.2, 0.25) is 0 Å². The number of carbonyl (C=O) groups excluding carboxylic acids is 1. The summed E-state index contributed by atoms with van der Waals surface area (Å²) < 4.78 is 36.0. The van der Waals surface area contributed by atoms with Crippen molar-refractivity contribution in [3.05, 3.63) is 23.3 Å². The topological polar surface area (TPSA) is 35.5 Å². The van der Waals surface area contributed by atoms with Gasteiger partial charge in [-0.3, -0.25) is 4.79 Å². The third kappa shape index (κ3) is 1.91. The van der Waals surface area contributed by atoms with Gasteiger partial charge in [-0.25, -0.2) is 4.39 Å². The molecule has 0 amide bonds. The minimum atomic E-state index is -1.01. The molecule has 82 valence electrons. The third-order valence-corrected chi connectivity index (χ3v) is 1.93. The minimum absolute atomic E-state index is 0.224. The van der Waals surface area contributed by atoms with Crippen molar-refractivity contribution >= 4 is 5.78 Å². The first-order valence-electron chi connectivity index (χ1n) is 4.13. The van der Waals surface area contributed by atoms with Gasteiger partial charge in [0.2, 0.25) is 5.82 Å². The molecule has 0 saturated carbocycles. The van der Waals surface area contributed by atoms with Gasteiger partial charge >= 0.3 is 0 Å². The normalized spacial score (nSPS) is 9.93. The number of methoxy groups -OCH3 is 2. The SMILES string of the molecule is COc1cc(C(C)=O)c(F)c(OC)c1F. The average molecular weight is 216 g/mol. The first kappa shape index (κ1) is 11.4. The van der Waals surface area contributed by atoms with Crippen LogP contribution < -0.4 is 9.47 Å². The van der Waals surface area contributed by atoms with Crippen molar-refractivity contribution in [1.82, 2.24) is 0 Å². The smallest absolute Gasteiger partial charge is 0.209 e. The van der Waals surface area contributed by atoms with E-state index in [4.69, 9.17) is 0 Å². The van der Waals surface area contributed by atoms with Gasteiger partial charge in [-0.05, 0) is 13.0 Å². The molecule has 0 saturated heterocycles. The van der Waals surface area contributed by atoms with E-state index in [2.05, 4.69) is 9.47 Å². The molecule has 0 aliphatic rings. The second-order valence-corrected chi connectivity index (χ2v) is 2.84. The summed E-state index contributed by atoms with van der Waals surface area (Å²) in [5.41, 5.74) is -0.259. The summed E-state index contributed by atoms with van der Waals surface area (Å²) in [5.74, 6) is -3.33. The zero-order chi connectivity index (χ0) is 11.6. The molecule has 0 atom stereocenters. The Balaban J connectivity index is 3.51. The summed E-state index contributed by atoms with van der Waals surface area (Å²) in [6, 6.07) is 1.01. The number of Topliss-reactive ketones (excluding diaryl/α,β-unsaturated/α-hetero) is 1. The lowest BCUT2D eigenvalue weighted by Crippen LogP contribution is -2.04. The second kappa shape index (κ2) is 4.25. The van der Waals surface area contributed by atoms with Gasteiger partial charge in [-0.2, -0.15) is 4.39 Å². The highest BCUT2D eigenvalue weighted by atomic mass is 19.1. The quantitative estimate of drug-likeness (QED) is 0.726. The molecule has 0 heterocycles. The molecule has 0 aliphatic heterocycles. The molecule has 1 aromatic carbocycles. The van der Waals surface area contributed by atoms with E-state index in [-0.39, 0.29) is 11.3 Å². The lowest BCUT2D eigenvalue weighted by molar-refractivity contribution is 0.101. The molecule has 0 spiro atoms. The molecule has 5 heteroatoms. The van der Waals surface area contributed by atoms with Crippen LogP contribution in [0.3, 0.4) is 0 Å². The number of carbonyl (C=O) groups is 1. The Morgan fingerprint density at radius 3 is 2.20 bits per heavy atom. The molecule has 0 aliphatic carbocycles. The van der Waals surface area contributed by atoms with Crippen molar-refractivity contribution in [1.29, 1.82) is 0 Å². The van der Waals surface area contributed by atoms with E-state index in [0.717, 1.165) is 13.2 Å². The van der Waals surface area contributed by atoms with Gasteiger partial charge in [-0.15, -0.1) is 0 Å². The Morgan fingerprint density at radius 1 is 1.20 bits per heavy atom. The Bertz CT molecular complexity index is 402. The van der Waals surface area contributed by atoms with Crippen LogP contribution >= 0.6 is 0 Å². The highest BCUT2D eigenvalue weighted by Crippen LogP contribution is 2.32. The molecule has 1 aromatic rings. The van der Waals surface area contributed by atoms with Crippen LogP contribution in [0.5, 0.6) is 11.5 Å². The van der Waals surface area contributed by atoms with Gasteiger partial charge in [0.05, 0.1) is 19.8 Å². The van der Waals surface area contributed by atoms with Gasteiger partial charge in [0.1, 0.15) is 0 Å². The van der Waals surface area contributed by atoms with Gasteiger partial charge in [-0.1, -0.05) is 0 Å². The maximum atomic E-state index is 13.5. The Morgan fingerprint density at radius 2 is 1.80 bits per heavy atom. The third-order valence-electron chi connectivity index (χ3n) is 1.93. The summed E-state index contributed by atoms with van der Waals surface area (Å²) in [5, 5.41) is 0. The number of hydrogen-bond donors (Lipinski definition) is 0. The predicted molar refractivity (Wildman–Crippen MR) is 49.5 cm³/mol. The largest absolute Gasteiger partial charge is 0.494 e. The molecule has 15 heavy (non-hydrogen) atoms. The highest BCUT2D eigenvalue weighted by Gasteiger charge is 2.21. The number of benzene rings is 1. The molecule has 0 fully saturated rings. The Hall–Kier alpha value is -1.65. The highest BCUT2D eigenvalue weighted by molar-refractivity contribution is 5.95. The number of halogens is 2. The van der Waals surface area contributed by atoms with Crippen molar-refractivity contribution in [3.63, 3.8) is 0 Å². The summed E-state index contributed by atoms with van der Waals surface area (Å²) in [4.78, 5) is 11.0. The predicted octanol–water partition coefficient (Wildman–Crippen LogP) is 2.18. The van der Waals surface area contributed by atoms with Gasteiger partial charge in [0, 0.05) is 0 Å². The van der Waals surface area contributed by atoms with Crippen LogP contribution in [-0.4, -0.2) is 20.0 Å². The van der Waals surface area contributed by atoms with E-state index in [1.54, 1.807) is 0 Å². The second-order valence-electron chi connectivity index (χ2n) is 2.84. The zero-order valence-corrected chi connectivity index (χ0v) is 8.56. The monoisotopic (exact) mass is 216 g/mol. The van der Waals surface area contributed by atoms with Crippen molar-refractivity contribution < 1.29 is 23.0 Å². The van der Waals surface area contributed by atoms with Crippen molar-refractivity contribution in [2.75, 3.05) is 14.2 Å². The molecular weight excluding hydrogens is 206 g/mol. The number of ether oxygens (including phenoxy) is 2. The standard InChI is InChI=1S/C10H10F2O3/c1-5(13)6-4-7(14-2)9(12)10(15-3)8(6)11/h4H,1-3H3. The molecule has 0 unspecified atom stereocenters. The maximum absolute atomic E-state index is 13.5. The van der Waals surface area contributed by atoms with Gasteiger partial charge < -0.3 is 9.47 Å². The van der Waals surface area contributed by atoms with E-state index in [1.165, 1.54) is 14.0 Å². The summed E-state index contributed by atoms with van der Waals surface area (Å²) in [6.45, 7) is 1.18. The number of ketones is 1. The van der Waals surface area contributed by atoms with E-state index >= 15 is 0 Å². The van der Waals surface area contributed by atoms with Crippen molar-refractivity contribution in [3.8, 4) is 11.5 Å². The van der Waals surface area contributed by atoms with Crippen LogP contribution in [0.15, 0.2) is 6.07 Å².